The van der Waals surface area contributed by atoms with E-state index in [1.54, 1.807) is 11.3 Å². The highest BCUT2D eigenvalue weighted by Gasteiger charge is 2.25. The molecule has 1 aromatic heterocycles. The van der Waals surface area contributed by atoms with Gasteiger partial charge in [-0.05, 0) is 50.6 Å². The molecule has 4 rings (SSSR count). The topological polar surface area (TPSA) is 57.7 Å². The molecule has 2 saturated heterocycles. The number of anilines is 1. The maximum Gasteiger partial charge on any atom is 0.223 e. The molecule has 0 bridgehead atoms. The van der Waals surface area contributed by atoms with Gasteiger partial charge in [0.25, 0.3) is 0 Å². The van der Waals surface area contributed by atoms with Crippen molar-refractivity contribution in [2.75, 3.05) is 44.3 Å². The lowest BCUT2D eigenvalue weighted by Gasteiger charge is -2.30. The fourth-order valence-electron chi connectivity index (χ4n) is 4.04. The highest BCUT2D eigenvalue weighted by atomic mass is 32.1. The zero-order chi connectivity index (χ0) is 20.1. The predicted molar refractivity (Wildman–Crippen MR) is 116 cm³/mol. The summed E-state index contributed by atoms with van der Waals surface area (Å²) in [4.78, 5) is 21.9. The number of likely N-dealkylation sites (tertiary alicyclic amines) is 1. The molecule has 2 fully saturated rings. The highest BCUT2D eigenvalue weighted by molar-refractivity contribution is 7.09. The zero-order valence-corrected chi connectivity index (χ0v) is 17.9. The van der Waals surface area contributed by atoms with Gasteiger partial charge in [-0.15, -0.1) is 11.3 Å². The molecule has 0 saturated carbocycles. The van der Waals surface area contributed by atoms with Gasteiger partial charge in [-0.1, -0.05) is 12.1 Å². The summed E-state index contributed by atoms with van der Waals surface area (Å²) in [6.07, 6.45) is 1.84. The molecular weight excluding hydrogens is 384 g/mol. The molecule has 2 aromatic rings. The number of aryl methyl sites for hydroxylation is 1. The Hall–Kier alpha value is -1.96. The van der Waals surface area contributed by atoms with Crippen LogP contribution in [0.4, 0.5) is 5.69 Å². The summed E-state index contributed by atoms with van der Waals surface area (Å²) in [5, 5.41) is 6.39. The molecule has 2 aliphatic heterocycles. The Morgan fingerprint density at radius 1 is 1.17 bits per heavy atom. The number of nitrogens with one attached hydrogen (secondary N) is 1. The first-order valence-corrected chi connectivity index (χ1v) is 11.4. The van der Waals surface area contributed by atoms with Crippen LogP contribution in [0.1, 0.15) is 29.1 Å². The van der Waals surface area contributed by atoms with Crippen LogP contribution in [-0.4, -0.2) is 55.2 Å². The first-order valence-electron chi connectivity index (χ1n) is 10.5. The van der Waals surface area contributed by atoms with Crippen molar-refractivity contribution in [1.82, 2.24) is 15.2 Å². The minimum absolute atomic E-state index is 0.121. The third-order valence-corrected chi connectivity index (χ3v) is 6.61. The van der Waals surface area contributed by atoms with Gasteiger partial charge in [-0.2, -0.15) is 0 Å². The predicted octanol–water partition coefficient (Wildman–Crippen LogP) is 2.82. The summed E-state index contributed by atoms with van der Waals surface area (Å²) in [6, 6.07) is 8.52. The van der Waals surface area contributed by atoms with Crippen molar-refractivity contribution < 1.29 is 9.53 Å². The number of ether oxygens (including phenoxy) is 1. The molecule has 156 valence electrons. The summed E-state index contributed by atoms with van der Waals surface area (Å²) < 4.78 is 5.41. The normalized spacial score (nSPS) is 18.7. The SMILES string of the molecule is Cc1nc(CN2CCC(C(=O)NCc3ccc(N4CCOCC4)cc3)CC2)cs1. The van der Waals surface area contributed by atoms with Crippen LogP contribution in [0.3, 0.4) is 0 Å². The van der Waals surface area contributed by atoms with Crippen LogP contribution in [0.2, 0.25) is 0 Å². The van der Waals surface area contributed by atoms with Crippen LogP contribution in [-0.2, 0) is 22.6 Å². The Kier molecular flexibility index (Phi) is 6.79. The Labute approximate surface area is 176 Å². The lowest BCUT2D eigenvalue weighted by molar-refractivity contribution is -0.126. The van der Waals surface area contributed by atoms with Crippen molar-refractivity contribution in [3.63, 3.8) is 0 Å². The number of rotatable bonds is 6. The van der Waals surface area contributed by atoms with Crippen LogP contribution < -0.4 is 10.2 Å². The summed E-state index contributed by atoms with van der Waals surface area (Å²) in [5.74, 6) is 0.308. The average Bonchev–Trinajstić information content (AvgIpc) is 3.18. The molecule has 1 N–H and O–H groups in total. The van der Waals surface area contributed by atoms with Crippen LogP contribution in [0.15, 0.2) is 29.6 Å². The van der Waals surface area contributed by atoms with Crippen molar-refractivity contribution in [1.29, 1.82) is 0 Å². The zero-order valence-electron chi connectivity index (χ0n) is 17.1. The lowest BCUT2D eigenvalue weighted by Crippen LogP contribution is -2.40. The fourth-order valence-corrected chi connectivity index (χ4v) is 4.65. The van der Waals surface area contributed by atoms with Gasteiger partial charge in [0.05, 0.1) is 23.9 Å². The molecule has 29 heavy (non-hydrogen) atoms. The summed E-state index contributed by atoms with van der Waals surface area (Å²) in [5.41, 5.74) is 3.52. The van der Waals surface area contributed by atoms with E-state index in [0.717, 1.165) is 75.0 Å². The Morgan fingerprint density at radius 2 is 1.90 bits per heavy atom. The fraction of sp³-hybridized carbons (Fsp3) is 0.545. The molecule has 2 aliphatic rings. The molecule has 0 radical (unpaired) electrons. The van der Waals surface area contributed by atoms with Crippen molar-refractivity contribution in [2.45, 2.75) is 32.9 Å². The van der Waals surface area contributed by atoms with Crippen molar-refractivity contribution >= 4 is 22.9 Å². The molecule has 3 heterocycles. The van der Waals surface area contributed by atoms with Gasteiger partial charge in [0.1, 0.15) is 0 Å². The van der Waals surface area contributed by atoms with E-state index in [4.69, 9.17) is 4.74 Å². The largest absolute Gasteiger partial charge is 0.378 e. The van der Waals surface area contributed by atoms with Crippen LogP contribution in [0.25, 0.3) is 0 Å². The molecule has 1 aromatic carbocycles. The second-order valence-corrected chi connectivity index (χ2v) is 8.95. The van der Waals surface area contributed by atoms with Crippen molar-refractivity contribution in [2.24, 2.45) is 5.92 Å². The maximum absolute atomic E-state index is 12.6. The van der Waals surface area contributed by atoms with Crippen LogP contribution in [0, 0.1) is 12.8 Å². The third-order valence-electron chi connectivity index (χ3n) is 5.79. The molecule has 6 nitrogen and oxygen atoms in total. The van der Waals surface area contributed by atoms with E-state index >= 15 is 0 Å². The second kappa shape index (κ2) is 9.69. The van der Waals surface area contributed by atoms with Gasteiger partial charge in [0, 0.05) is 43.2 Å². The molecule has 0 unspecified atom stereocenters. The summed E-state index contributed by atoms with van der Waals surface area (Å²) >= 11 is 1.70. The van der Waals surface area contributed by atoms with Gasteiger partial charge >= 0.3 is 0 Å². The van der Waals surface area contributed by atoms with Crippen molar-refractivity contribution in [3.8, 4) is 0 Å². The van der Waals surface area contributed by atoms with E-state index in [-0.39, 0.29) is 11.8 Å². The minimum Gasteiger partial charge on any atom is -0.378 e. The second-order valence-electron chi connectivity index (χ2n) is 7.89. The summed E-state index contributed by atoms with van der Waals surface area (Å²) in [6.45, 7) is 8.93. The first-order chi connectivity index (χ1) is 14.2. The van der Waals surface area contributed by atoms with Gasteiger partial charge < -0.3 is 15.0 Å². The van der Waals surface area contributed by atoms with Gasteiger partial charge in [0.2, 0.25) is 5.91 Å². The maximum atomic E-state index is 12.6. The van der Waals surface area contributed by atoms with Gasteiger partial charge in [0.15, 0.2) is 0 Å². The third kappa shape index (κ3) is 5.56. The van der Waals surface area contributed by atoms with Gasteiger partial charge in [-0.3, -0.25) is 9.69 Å². The van der Waals surface area contributed by atoms with E-state index in [1.807, 2.05) is 6.92 Å². The summed E-state index contributed by atoms with van der Waals surface area (Å²) in [7, 11) is 0. The monoisotopic (exact) mass is 414 g/mol. The number of carbonyl (C=O) groups excluding carboxylic acids is 1. The number of aromatic nitrogens is 1. The molecule has 0 atom stereocenters. The number of hydrogen-bond acceptors (Lipinski definition) is 6. The van der Waals surface area contributed by atoms with Crippen LogP contribution in [0.5, 0.6) is 0 Å². The minimum atomic E-state index is 0.121. The Bertz CT molecular complexity index is 793. The van der Waals surface area contributed by atoms with E-state index in [0.29, 0.717) is 6.54 Å². The molecule has 1 amide bonds. The number of amides is 1. The number of morpholine rings is 1. The van der Waals surface area contributed by atoms with E-state index in [9.17, 15) is 4.79 Å². The Balaban J connectivity index is 1.20. The molecular formula is C22H30N4O2S. The molecule has 7 heteroatoms. The smallest absolute Gasteiger partial charge is 0.223 e. The van der Waals surface area contributed by atoms with Crippen molar-refractivity contribution in [3.05, 3.63) is 45.9 Å². The number of hydrogen-bond donors (Lipinski definition) is 1. The molecule has 0 spiro atoms. The number of carbonyl (C=O) groups is 1. The lowest BCUT2D eigenvalue weighted by atomic mass is 9.95. The van der Waals surface area contributed by atoms with E-state index in [2.05, 4.69) is 49.7 Å². The number of benzene rings is 1. The number of nitrogens with zero attached hydrogens (tertiary/aromatic N) is 3. The standard InChI is InChI=1S/C22H30N4O2S/c1-17-24-20(16-29-17)15-25-8-6-19(7-9-25)22(27)23-14-18-2-4-21(5-3-18)26-10-12-28-13-11-26/h2-5,16,19H,6-15H2,1H3,(H,23,27). The number of thiazole rings is 1. The van der Waals surface area contributed by atoms with Crippen LogP contribution >= 0.6 is 11.3 Å². The quantitative estimate of drug-likeness (QED) is 0.788. The Morgan fingerprint density at radius 3 is 2.55 bits per heavy atom. The van der Waals surface area contributed by atoms with E-state index in [1.165, 1.54) is 5.69 Å². The average molecular weight is 415 g/mol. The highest BCUT2D eigenvalue weighted by Crippen LogP contribution is 2.21. The van der Waals surface area contributed by atoms with E-state index < -0.39 is 0 Å². The van der Waals surface area contributed by atoms with Gasteiger partial charge in [-0.25, -0.2) is 4.98 Å². The first kappa shape index (κ1) is 20.3. The molecule has 0 aliphatic carbocycles. The number of piperidine rings is 1.